The molecule has 0 fully saturated rings. The van der Waals surface area contributed by atoms with Crippen molar-refractivity contribution in [3.63, 3.8) is 0 Å². The highest BCUT2D eigenvalue weighted by Crippen LogP contribution is 2.15. The fraction of sp³-hybridized carbons (Fsp3) is 0.0909. The number of carbonyl (C=O) groups excluding carboxylic acids is 1. The number of nitrogens with one attached hydrogen (secondary N) is 2. The first kappa shape index (κ1) is 11.3. The molecule has 6 heteroatoms. The van der Waals surface area contributed by atoms with E-state index >= 15 is 0 Å². The van der Waals surface area contributed by atoms with E-state index in [2.05, 4.69) is 15.5 Å². The normalized spacial score (nSPS) is 10.2. The van der Waals surface area contributed by atoms with Crippen molar-refractivity contribution in [2.45, 2.75) is 6.42 Å². The molecule has 2 rings (SSSR count). The Morgan fingerprint density at radius 3 is 2.88 bits per heavy atom. The summed E-state index contributed by atoms with van der Waals surface area (Å²) in [5, 5.41) is 8.56. The smallest absolute Gasteiger partial charge is 0.230 e. The molecule has 4 nitrogen and oxygen atoms in total. The molecule has 1 aromatic carbocycles. The lowest BCUT2D eigenvalue weighted by Crippen LogP contribution is -2.15. The van der Waals surface area contributed by atoms with Crippen molar-refractivity contribution in [2.24, 2.45) is 0 Å². The molecule has 2 N–H and O–H groups in total. The Hall–Kier alpha value is -2.24. The van der Waals surface area contributed by atoms with E-state index < -0.39 is 17.5 Å². The van der Waals surface area contributed by atoms with Crippen molar-refractivity contribution in [3.05, 3.63) is 47.8 Å². The number of halogens is 2. The van der Waals surface area contributed by atoms with Crippen LogP contribution in [0, 0.1) is 11.6 Å². The Morgan fingerprint density at radius 2 is 2.18 bits per heavy atom. The number of aromatic nitrogens is 2. The molecule has 0 radical (unpaired) electrons. The Kier molecular flexibility index (Phi) is 3.13. The maximum absolute atomic E-state index is 13.2. The van der Waals surface area contributed by atoms with Gasteiger partial charge in [-0.3, -0.25) is 9.89 Å². The van der Waals surface area contributed by atoms with Crippen LogP contribution in [0.1, 0.15) is 5.69 Å². The molecule has 17 heavy (non-hydrogen) atoms. The average molecular weight is 237 g/mol. The van der Waals surface area contributed by atoms with Gasteiger partial charge in [-0.1, -0.05) is 0 Å². The van der Waals surface area contributed by atoms with Crippen LogP contribution in [0.15, 0.2) is 30.5 Å². The van der Waals surface area contributed by atoms with E-state index in [9.17, 15) is 13.6 Å². The topological polar surface area (TPSA) is 57.8 Å². The van der Waals surface area contributed by atoms with E-state index in [4.69, 9.17) is 0 Å². The number of carbonyl (C=O) groups is 1. The number of rotatable bonds is 3. The van der Waals surface area contributed by atoms with Gasteiger partial charge in [0.2, 0.25) is 5.91 Å². The quantitative estimate of drug-likeness (QED) is 0.856. The van der Waals surface area contributed by atoms with Crippen molar-refractivity contribution in [1.29, 1.82) is 0 Å². The van der Waals surface area contributed by atoms with E-state index in [1.165, 1.54) is 6.20 Å². The second kappa shape index (κ2) is 4.73. The SMILES string of the molecule is O=C(Cc1ccn[nH]1)Nc1cc(F)ccc1F. The molecule has 0 spiro atoms. The Balaban J connectivity index is 2.05. The molecule has 0 saturated carbocycles. The number of hydrogen-bond acceptors (Lipinski definition) is 2. The summed E-state index contributed by atoms with van der Waals surface area (Å²) in [6.45, 7) is 0. The van der Waals surface area contributed by atoms with Crippen LogP contribution in [-0.2, 0) is 11.2 Å². The molecular formula is C11H9F2N3O. The van der Waals surface area contributed by atoms with Gasteiger partial charge in [-0.2, -0.15) is 5.10 Å². The summed E-state index contributed by atoms with van der Waals surface area (Å²) in [5.41, 5.74) is 0.425. The zero-order chi connectivity index (χ0) is 12.3. The first-order valence-corrected chi connectivity index (χ1v) is 4.88. The number of anilines is 1. The number of nitrogens with zero attached hydrogens (tertiary/aromatic N) is 1. The van der Waals surface area contributed by atoms with Gasteiger partial charge >= 0.3 is 0 Å². The van der Waals surface area contributed by atoms with Gasteiger partial charge in [0.05, 0.1) is 12.1 Å². The maximum atomic E-state index is 13.2. The Morgan fingerprint density at radius 1 is 1.35 bits per heavy atom. The van der Waals surface area contributed by atoms with Crippen LogP contribution in [0.25, 0.3) is 0 Å². The molecule has 0 aliphatic heterocycles. The molecule has 0 aliphatic carbocycles. The Labute approximate surface area is 95.7 Å². The van der Waals surface area contributed by atoms with Gasteiger partial charge in [-0.25, -0.2) is 8.78 Å². The van der Waals surface area contributed by atoms with Gasteiger partial charge in [0, 0.05) is 18.0 Å². The van der Waals surface area contributed by atoms with Crippen LogP contribution in [0.3, 0.4) is 0 Å². The van der Waals surface area contributed by atoms with Crippen molar-refractivity contribution in [3.8, 4) is 0 Å². The minimum atomic E-state index is -0.677. The van der Waals surface area contributed by atoms with E-state index in [1.807, 2.05) is 0 Å². The van der Waals surface area contributed by atoms with Crippen molar-refractivity contribution < 1.29 is 13.6 Å². The minimum absolute atomic E-state index is 0.0238. The van der Waals surface area contributed by atoms with E-state index in [0.29, 0.717) is 5.69 Å². The summed E-state index contributed by atoms with van der Waals surface area (Å²) < 4.78 is 26.0. The van der Waals surface area contributed by atoms with Gasteiger partial charge < -0.3 is 5.32 Å². The molecule has 1 amide bonds. The minimum Gasteiger partial charge on any atom is -0.323 e. The molecule has 0 saturated heterocycles. The number of amides is 1. The lowest BCUT2D eigenvalue weighted by Gasteiger charge is -2.05. The monoisotopic (exact) mass is 237 g/mol. The largest absolute Gasteiger partial charge is 0.323 e. The third kappa shape index (κ3) is 2.87. The predicted octanol–water partition coefficient (Wildman–Crippen LogP) is 1.87. The molecule has 1 aromatic heterocycles. The van der Waals surface area contributed by atoms with E-state index in [1.54, 1.807) is 6.07 Å². The van der Waals surface area contributed by atoms with Gasteiger partial charge in [0.1, 0.15) is 11.6 Å². The average Bonchev–Trinajstić information content (AvgIpc) is 2.76. The van der Waals surface area contributed by atoms with Crippen molar-refractivity contribution in [2.75, 3.05) is 5.32 Å². The second-order valence-corrected chi connectivity index (χ2v) is 3.43. The third-order valence-electron chi connectivity index (χ3n) is 2.11. The number of aromatic amines is 1. The summed E-state index contributed by atoms with van der Waals surface area (Å²) in [7, 11) is 0. The number of hydrogen-bond donors (Lipinski definition) is 2. The van der Waals surface area contributed by atoms with Gasteiger partial charge in [-0.15, -0.1) is 0 Å². The number of H-pyrrole nitrogens is 1. The van der Waals surface area contributed by atoms with Gasteiger partial charge in [-0.05, 0) is 18.2 Å². The fourth-order valence-electron chi connectivity index (χ4n) is 1.34. The highest BCUT2D eigenvalue weighted by molar-refractivity contribution is 5.92. The fourth-order valence-corrected chi connectivity index (χ4v) is 1.34. The molecule has 0 unspecified atom stereocenters. The zero-order valence-corrected chi connectivity index (χ0v) is 8.71. The van der Waals surface area contributed by atoms with Crippen LogP contribution in [0.4, 0.5) is 14.5 Å². The van der Waals surface area contributed by atoms with Gasteiger partial charge in [0.15, 0.2) is 0 Å². The molecule has 0 bridgehead atoms. The van der Waals surface area contributed by atoms with Crippen LogP contribution < -0.4 is 5.32 Å². The molecule has 2 aromatic rings. The predicted molar refractivity (Wildman–Crippen MR) is 57.3 cm³/mol. The van der Waals surface area contributed by atoms with E-state index in [0.717, 1.165) is 18.2 Å². The summed E-state index contributed by atoms with van der Waals surface area (Å²) >= 11 is 0. The third-order valence-corrected chi connectivity index (χ3v) is 2.11. The van der Waals surface area contributed by atoms with Crippen LogP contribution >= 0.6 is 0 Å². The molecular weight excluding hydrogens is 228 g/mol. The highest BCUT2D eigenvalue weighted by atomic mass is 19.1. The van der Waals surface area contributed by atoms with Gasteiger partial charge in [0.25, 0.3) is 0 Å². The van der Waals surface area contributed by atoms with Crippen LogP contribution in [0.5, 0.6) is 0 Å². The highest BCUT2D eigenvalue weighted by Gasteiger charge is 2.09. The standard InChI is InChI=1S/C11H9F2N3O/c12-7-1-2-9(13)10(5-7)15-11(17)6-8-3-4-14-16-8/h1-5H,6H2,(H,14,16)(H,15,17). The Bertz CT molecular complexity index is 526. The summed E-state index contributed by atoms with van der Waals surface area (Å²) in [6, 6.07) is 4.50. The van der Waals surface area contributed by atoms with Crippen molar-refractivity contribution >= 4 is 11.6 Å². The lowest BCUT2D eigenvalue weighted by atomic mass is 10.2. The molecule has 88 valence electrons. The summed E-state index contributed by atoms with van der Waals surface area (Å²) in [6.07, 6.45) is 1.53. The molecule has 1 heterocycles. The van der Waals surface area contributed by atoms with E-state index in [-0.39, 0.29) is 12.1 Å². The molecule has 0 atom stereocenters. The second-order valence-electron chi connectivity index (χ2n) is 3.43. The lowest BCUT2D eigenvalue weighted by molar-refractivity contribution is -0.115. The van der Waals surface area contributed by atoms with Crippen LogP contribution in [0.2, 0.25) is 0 Å². The summed E-state index contributed by atoms with van der Waals surface area (Å²) in [5.74, 6) is -1.73. The molecule has 0 aliphatic rings. The zero-order valence-electron chi connectivity index (χ0n) is 8.71. The maximum Gasteiger partial charge on any atom is 0.230 e. The van der Waals surface area contributed by atoms with Crippen molar-refractivity contribution in [1.82, 2.24) is 10.2 Å². The summed E-state index contributed by atoms with van der Waals surface area (Å²) in [4.78, 5) is 11.5. The number of benzene rings is 1. The first-order chi connectivity index (χ1) is 8.15. The van der Waals surface area contributed by atoms with Crippen LogP contribution in [-0.4, -0.2) is 16.1 Å². The first-order valence-electron chi connectivity index (χ1n) is 4.88.